The molecular weight excluding hydrogens is 260 g/mol. The lowest BCUT2D eigenvalue weighted by Crippen LogP contribution is -2.49. The average molecular weight is 278 g/mol. The molecule has 0 bridgehead atoms. The Morgan fingerprint density at radius 1 is 1.42 bits per heavy atom. The van der Waals surface area contributed by atoms with Crippen molar-refractivity contribution in [2.75, 3.05) is 0 Å². The molecule has 1 aliphatic carbocycles. The summed E-state index contributed by atoms with van der Waals surface area (Å²) in [6.07, 6.45) is 7.75. The third-order valence-corrected chi connectivity index (χ3v) is 4.08. The summed E-state index contributed by atoms with van der Waals surface area (Å²) in [5.74, 6) is -0.0710. The van der Waals surface area contributed by atoms with Crippen molar-refractivity contribution in [2.45, 2.75) is 38.6 Å². The van der Waals surface area contributed by atoms with Crippen LogP contribution in [0, 0.1) is 5.41 Å². The molecule has 1 aromatic rings. The first-order chi connectivity index (χ1) is 9.15. The number of thiocarbonyl (C=S) groups is 1. The van der Waals surface area contributed by atoms with Crippen molar-refractivity contribution in [1.29, 1.82) is 0 Å². The van der Waals surface area contributed by atoms with E-state index in [4.69, 9.17) is 18.0 Å². The Morgan fingerprint density at radius 3 is 2.74 bits per heavy atom. The molecule has 1 saturated carbocycles. The van der Waals surface area contributed by atoms with Crippen molar-refractivity contribution in [3.05, 3.63) is 24.3 Å². The van der Waals surface area contributed by atoms with E-state index in [-0.39, 0.29) is 5.91 Å². The quantitative estimate of drug-likeness (QED) is 0.812. The molecular formula is C13H18N4OS. The van der Waals surface area contributed by atoms with Gasteiger partial charge in [-0.3, -0.25) is 4.79 Å². The zero-order valence-electron chi connectivity index (χ0n) is 10.8. The van der Waals surface area contributed by atoms with E-state index < -0.39 is 5.41 Å². The third-order valence-electron chi connectivity index (χ3n) is 3.69. The summed E-state index contributed by atoms with van der Waals surface area (Å²) in [7, 11) is 0. The number of carbonyl (C=O) groups excluding carboxylic acids is 1. The highest BCUT2D eigenvalue weighted by atomic mass is 32.1. The number of nitrogens with one attached hydrogen (secondary N) is 1. The molecule has 0 aliphatic heterocycles. The third kappa shape index (κ3) is 3.07. The fourth-order valence-corrected chi connectivity index (χ4v) is 2.80. The van der Waals surface area contributed by atoms with Crippen molar-refractivity contribution in [3.63, 3.8) is 0 Å². The summed E-state index contributed by atoms with van der Waals surface area (Å²) in [4.78, 5) is 20.6. The van der Waals surface area contributed by atoms with Gasteiger partial charge in [0.1, 0.15) is 6.33 Å². The molecule has 0 radical (unpaired) electrons. The van der Waals surface area contributed by atoms with Gasteiger partial charge in [0.15, 0.2) is 0 Å². The Bertz CT molecular complexity index is 457. The monoisotopic (exact) mass is 278 g/mol. The number of hydrogen-bond donors (Lipinski definition) is 2. The predicted molar refractivity (Wildman–Crippen MR) is 76.2 cm³/mol. The molecule has 2 rings (SSSR count). The maximum atomic E-state index is 12.4. The van der Waals surface area contributed by atoms with Crippen LogP contribution in [-0.2, 0) is 11.3 Å². The molecule has 102 valence electrons. The zero-order valence-corrected chi connectivity index (χ0v) is 11.6. The van der Waals surface area contributed by atoms with Crippen LogP contribution in [0.1, 0.15) is 37.8 Å². The van der Waals surface area contributed by atoms with E-state index in [0.717, 1.165) is 37.8 Å². The van der Waals surface area contributed by atoms with E-state index in [9.17, 15) is 4.79 Å². The van der Waals surface area contributed by atoms with Gasteiger partial charge in [0.25, 0.3) is 0 Å². The van der Waals surface area contributed by atoms with Gasteiger partial charge in [0.2, 0.25) is 5.91 Å². The molecule has 0 atom stereocenters. The van der Waals surface area contributed by atoms with Gasteiger partial charge in [-0.15, -0.1) is 0 Å². The molecule has 0 unspecified atom stereocenters. The van der Waals surface area contributed by atoms with Crippen LogP contribution in [0.5, 0.6) is 0 Å². The molecule has 1 fully saturated rings. The van der Waals surface area contributed by atoms with E-state index >= 15 is 0 Å². The second kappa shape index (κ2) is 6.06. The molecule has 0 spiro atoms. The smallest absolute Gasteiger partial charge is 0.233 e. The van der Waals surface area contributed by atoms with Crippen molar-refractivity contribution in [1.82, 2.24) is 15.3 Å². The average Bonchev–Trinajstić information content (AvgIpc) is 2.46. The highest BCUT2D eigenvalue weighted by Gasteiger charge is 2.42. The summed E-state index contributed by atoms with van der Waals surface area (Å²) in [6, 6.07) is 1.77. The Morgan fingerprint density at radius 2 is 2.16 bits per heavy atom. The first-order valence-electron chi connectivity index (χ1n) is 6.48. The molecule has 6 heteroatoms. The minimum Gasteiger partial charge on any atom is -0.392 e. The molecule has 0 aromatic carbocycles. The molecule has 1 aliphatic rings. The van der Waals surface area contributed by atoms with Gasteiger partial charge in [-0.25, -0.2) is 9.97 Å². The van der Waals surface area contributed by atoms with E-state index in [2.05, 4.69) is 15.3 Å². The van der Waals surface area contributed by atoms with Gasteiger partial charge in [-0.05, 0) is 18.9 Å². The fraction of sp³-hybridized carbons (Fsp3) is 0.538. The number of hydrogen-bond acceptors (Lipinski definition) is 4. The lowest BCUT2D eigenvalue weighted by Gasteiger charge is -2.34. The molecule has 1 heterocycles. The normalized spacial score (nSPS) is 17.7. The highest BCUT2D eigenvalue weighted by Crippen LogP contribution is 2.36. The Hall–Kier alpha value is -1.56. The lowest BCUT2D eigenvalue weighted by atomic mass is 9.73. The van der Waals surface area contributed by atoms with Gasteiger partial charge in [0, 0.05) is 6.20 Å². The lowest BCUT2D eigenvalue weighted by molar-refractivity contribution is -0.129. The molecule has 3 N–H and O–H groups in total. The van der Waals surface area contributed by atoms with Crippen molar-refractivity contribution >= 4 is 23.1 Å². The van der Waals surface area contributed by atoms with E-state index in [1.165, 1.54) is 6.33 Å². The summed E-state index contributed by atoms with van der Waals surface area (Å²) >= 11 is 5.13. The summed E-state index contributed by atoms with van der Waals surface area (Å²) in [5.41, 5.74) is 5.93. The molecule has 1 aromatic heterocycles. The van der Waals surface area contributed by atoms with Crippen LogP contribution in [0.3, 0.4) is 0 Å². The SMILES string of the molecule is NC(=S)C1(C(=O)NCc2ccncn2)CCCCC1. The molecule has 5 nitrogen and oxygen atoms in total. The zero-order chi connectivity index (χ0) is 13.7. The number of carbonyl (C=O) groups is 1. The Kier molecular flexibility index (Phi) is 4.42. The van der Waals surface area contributed by atoms with Crippen LogP contribution in [0.15, 0.2) is 18.6 Å². The first-order valence-corrected chi connectivity index (χ1v) is 6.89. The molecule has 1 amide bonds. The van der Waals surface area contributed by atoms with Crippen molar-refractivity contribution in [2.24, 2.45) is 11.1 Å². The van der Waals surface area contributed by atoms with Gasteiger partial charge in [0.05, 0.1) is 22.6 Å². The number of aromatic nitrogens is 2. The fourth-order valence-electron chi connectivity index (χ4n) is 2.50. The minimum atomic E-state index is -0.666. The van der Waals surface area contributed by atoms with Crippen LogP contribution in [0.25, 0.3) is 0 Å². The molecule has 0 saturated heterocycles. The number of nitrogens with two attached hydrogens (primary N) is 1. The van der Waals surface area contributed by atoms with Gasteiger partial charge in [-0.2, -0.15) is 0 Å². The van der Waals surface area contributed by atoms with Crippen molar-refractivity contribution in [3.8, 4) is 0 Å². The van der Waals surface area contributed by atoms with Crippen molar-refractivity contribution < 1.29 is 4.79 Å². The van der Waals surface area contributed by atoms with Crippen LogP contribution in [0.4, 0.5) is 0 Å². The topological polar surface area (TPSA) is 80.9 Å². The van der Waals surface area contributed by atoms with Crippen LogP contribution in [0.2, 0.25) is 0 Å². The minimum absolute atomic E-state index is 0.0710. The van der Waals surface area contributed by atoms with E-state index in [0.29, 0.717) is 11.5 Å². The second-order valence-electron chi connectivity index (χ2n) is 4.89. The maximum absolute atomic E-state index is 12.4. The Labute approximate surface area is 118 Å². The van der Waals surface area contributed by atoms with Gasteiger partial charge < -0.3 is 11.1 Å². The maximum Gasteiger partial charge on any atom is 0.233 e. The number of nitrogens with zero attached hydrogens (tertiary/aromatic N) is 2. The summed E-state index contributed by atoms with van der Waals surface area (Å²) < 4.78 is 0. The van der Waals surface area contributed by atoms with Gasteiger partial charge in [-0.1, -0.05) is 31.5 Å². The first kappa shape index (κ1) is 13.9. The number of amides is 1. The van der Waals surface area contributed by atoms with Gasteiger partial charge >= 0.3 is 0 Å². The molecule has 19 heavy (non-hydrogen) atoms. The second-order valence-corrected chi connectivity index (χ2v) is 5.33. The summed E-state index contributed by atoms with van der Waals surface area (Å²) in [6.45, 7) is 0.381. The highest BCUT2D eigenvalue weighted by molar-refractivity contribution is 7.80. The number of rotatable bonds is 4. The summed E-state index contributed by atoms with van der Waals surface area (Å²) in [5, 5.41) is 2.89. The van der Waals surface area contributed by atoms with E-state index in [1.807, 2.05) is 0 Å². The standard InChI is InChI=1S/C13H18N4OS/c14-11(19)13(5-2-1-3-6-13)12(18)16-8-10-4-7-15-9-17-10/h4,7,9H,1-3,5-6,8H2,(H2,14,19)(H,16,18). The predicted octanol–water partition coefficient (Wildman–Crippen LogP) is 1.33. The van der Waals surface area contributed by atoms with Crippen LogP contribution < -0.4 is 11.1 Å². The largest absolute Gasteiger partial charge is 0.392 e. The van der Waals surface area contributed by atoms with E-state index in [1.54, 1.807) is 12.3 Å². The van der Waals surface area contributed by atoms with Crippen LogP contribution in [-0.4, -0.2) is 20.9 Å². The Balaban J connectivity index is 2.02. The van der Waals surface area contributed by atoms with Crippen LogP contribution >= 0.6 is 12.2 Å².